The molecule has 0 aromatic rings. The van der Waals surface area contributed by atoms with E-state index in [0.717, 1.165) is 6.08 Å². The van der Waals surface area contributed by atoms with E-state index in [-0.39, 0.29) is 75.8 Å². The molecule has 0 aromatic carbocycles. The van der Waals surface area contributed by atoms with Crippen molar-refractivity contribution < 1.29 is 57.2 Å². The van der Waals surface area contributed by atoms with Crippen LogP contribution < -0.4 is 5.32 Å². The van der Waals surface area contributed by atoms with Gasteiger partial charge in [0.25, 0.3) is 0 Å². The number of methoxy groups -OCH3 is 3. The molecule has 0 rings (SSSR count). The van der Waals surface area contributed by atoms with Gasteiger partial charge in [-0.2, -0.15) is 0 Å². The van der Waals surface area contributed by atoms with E-state index in [1.165, 1.54) is 21.3 Å². The molecule has 45 heavy (non-hydrogen) atoms. The molecule has 0 saturated carbocycles. The Hall–Kier alpha value is -3.56. The first-order valence-electron chi connectivity index (χ1n) is 15.1. The maximum atomic E-state index is 12.4. The molecule has 0 atom stereocenters. The van der Waals surface area contributed by atoms with Crippen LogP contribution in [0.3, 0.4) is 0 Å². The van der Waals surface area contributed by atoms with E-state index in [0.29, 0.717) is 71.6 Å². The number of hydrogen-bond acceptors (Lipinski definition) is 15. The molecule has 0 saturated heterocycles. The number of ether oxygens (including phenoxy) is 6. The normalized spacial score (nSPS) is 10.7. The minimum atomic E-state index is -0.516. The number of carbonyl (C=O) groups excluding carboxylic acids is 6. The Balaban J connectivity index is 4.48. The highest BCUT2D eigenvalue weighted by Gasteiger charge is 2.14. The Kier molecular flexibility index (Phi) is 25.7. The minimum Gasteiger partial charge on any atom is -0.469 e. The quantitative estimate of drug-likeness (QED) is 0.0542. The van der Waals surface area contributed by atoms with Crippen LogP contribution in [0.25, 0.3) is 0 Å². The summed E-state index contributed by atoms with van der Waals surface area (Å²) in [5.41, 5.74) is 0. The highest BCUT2D eigenvalue weighted by atomic mass is 16.5. The summed E-state index contributed by atoms with van der Waals surface area (Å²) in [6, 6.07) is 0. The van der Waals surface area contributed by atoms with Crippen molar-refractivity contribution in [3.63, 3.8) is 0 Å². The number of esters is 6. The lowest BCUT2D eigenvalue weighted by atomic mass is 10.3. The zero-order valence-corrected chi connectivity index (χ0v) is 27.0. The van der Waals surface area contributed by atoms with Crippen LogP contribution in [0.5, 0.6) is 0 Å². The summed E-state index contributed by atoms with van der Waals surface area (Å²) in [6.45, 7) is 7.44. The molecular weight excluding hydrogens is 594 g/mol. The van der Waals surface area contributed by atoms with Crippen molar-refractivity contribution in [2.45, 2.75) is 51.4 Å². The molecule has 0 unspecified atom stereocenters. The summed E-state index contributed by atoms with van der Waals surface area (Å²) in [6.07, 6.45) is 3.49. The molecular formula is C30H51N3O12. The number of nitrogens with zero attached hydrogens (tertiary/aromatic N) is 2. The van der Waals surface area contributed by atoms with Gasteiger partial charge in [-0.3, -0.25) is 24.0 Å². The van der Waals surface area contributed by atoms with Crippen molar-refractivity contribution in [3.05, 3.63) is 12.7 Å². The third kappa shape index (κ3) is 25.5. The van der Waals surface area contributed by atoms with Crippen LogP contribution in [-0.2, 0) is 57.2 Å². The summed E-state index contributed by atoms with van der Waals surface area (Å²) < 4.78 is 29.6. The highest BCUT2D eigenvalue weighted by molar-refractivity contribution is 5.81. The van der Waals surface area contributed by atoms with Gasteiger partial charge in [-0.15, -0.1) is 0 Å². The molecule has 258 valence electrons. The topological polar surface area (TPSA) is 176 Å². The Morgan fingerprint density at radius 3 is 1.38 bits per heavy atom. The van der Waals surface area contributed by atoms with E-state index >= 15 is 0 Å². The largest absolute Gasteiger partial charge is 0.469 e. The zero-order chi connectivity index (χ0) is 33.7. The number of hydrogen-bond donors (Lipinski definition) is 1. The standard InChI is InChI=1S/C30H51N3O12/c1-5-25(34)43-23-7-16-32(18-10-27(36)41-3)21-13-30(39)45-24-8-17-33(19-11-28(37)42-4)20-12-29(38)44-22-6-14-31-15-9-26(35)40-2/h5,31H,1,6-24H2,2-4H3. The van der Waals surface area contributed by atoms with E-state index in [9.17, 15) is 28.8 Å². The Morgan fingerprint density at radius 2 is 0.933 bits per heavy atom. The van der Waals surface area contributed by atoms with Crippen LogP contribution >= 0.6 is 0 Å². The minimum absolute atomic E-state index is 0.103. The maximum Gasteiger partial charge on any atom is 0.330 e. The number of rotatable bonds is 28. The van der Waals surface area contributed by atoms with E-state index in [2.05, 4.69) is 21.4 Å². The average molecular weight is 646 g/mol. The third-order valence-electron chi connectivity index (χ3n) is 6.39. The van der Waals surface area contributed by atoms with Crippen molar-refractivity contribution in [2.24, 2.45) is 0 Å². The predicted octanol–water partition coefficient (Wildman–Crippen LogP) is 0.635. The van der Waals surface area contributed by atoms with Crippen LogP contribution in [0.15, 0.2) is 12.7 Å². The Morgan fingerprint density at radius 1 is 0.533 bits per heavy atom. The molecule has 1 N–H and O–H groups in total. The Bertz CT molecular complexity index is 899. The van der Waals surface area contributed by atoms with Gasteiger partial charge in [0.1, 0.15) is 0 Å². The predicted molar refractivity (Wildman–Crippen MR) is 162 cm³/mol. The SMILES string of the molecule is C=CC(=O)OCCCN(CCC(=O)OC)CCC(=O)OCCCN(CCC(=O)OC)CCC(=O)OCCCNCCC(=O)OC. The van der Waals surface area contributed by atoms with Crippen molar-refractivity contribution >= 4 is 35.8 Å². The second-order valence-electron chi connectivity index (χ2n) is 9.78. The molecule has 0 fully saturated rings. The van der Waals surface area contributed by atoms with E-state index < -0.39 is 11.9 Å². The fraction of sp³-hybridized carbons (Fsp3) is 0.733. The first-order valence-corrected chi connectivity index (χ1v) is 15.1. The van der Waals surface area contributed by atoms with Crippen LogP contribution in [0.2, 0.25) is 0 Å². The molecule has 0 heterocycles. The monoisotopic (exact) mass is 645 g/mol. The van der Waals surface area contributed by atoms with Gasteiger partial charge >= 0.3 is 35.8 Å². The van der Waals surface area contributed by atoms with Crippen LogP contribution in [0, 0.1) is 0 Å². The second-order valence-corrected chi connectivity index (χ2v) is 9.78. The zero-order valence-electron chi connectivity index (χ0n) is 27.0. The number of carbonyl (C=O) groups is 6. The summed E-state index contributed by atoms with van der Waals surface area (Å²) in [7, 11) is 3.95. The van der Waals surface area contributed by atoms with Gasteiger partial charge in [0.2, 0.25) is 0 Å². The summed E-state index contributed by atoms with van der Waals surface area (Å²) in [4.78, 5) is 73.8. The van der Waals surface area contributed by atoms with Gasteiger partial charge in [-0.1, -0.05) is 6.58 Å². The lowest BCUT2D eigenvalue weighted by Crippen LogP contribution is -2.32. The van der Waals surface area contributed by atoms with Gasteiger partial charge in [0.15, 0.2) is 0 Å². The van der Waals surface area contributed by atoms with Crippen molar-refractivity contribution in [2.75, 3.05) is 93.5 Å². The fourth-order valence-electron chi connectivity index (χ4n) is 3.81. The van der Waals surface area contributed by atoms with Crippen LogP contribution in [-0.4, -0.2) is 139 Å². The molecule has 0 spiro atoms. The number of nitrogens with one attached hydrogen (secondary N) is 1. The average Bonchev–Trinajstić information content (AvgIpc) is 3.05. The lowest BCUT2D eigenvalue weighted by molar-refractivity contribution is -0.144. The van der Waals surface area contributed by atoms with Gasteiger partial charge in [0, 0.05) is 51.9 Å². The van der Waals surface area contributed by atoms with E-state index in [1.807, 2.05) is 9.80 Å². The molecule has 0 aliphatic rings. The molecule has 0 aromatic heterocycles. The first kappa shape index (κ1) is 41.4. The molecule has 0 aliphatic heterocycles. The van der Waals surface area contributed by atoms with E-state index in [1.54, 1.807) is 0 Å². The Labute approximate surface area is 265 Å². The van der Waals surface area contributed by atoms with Crippen LogP contribution in [0.4, 0.5) is 0 Å². The van der Waals surface area contributed by atoms with Crippen molar-refractivity contribution in [1.29, 1.82) is 0 Å². The molecule has 0 radical (unpaired) electrons. The highest BCUT2D eigenvalue weighted by Crippen LogP contribution is 2.03. The van der Waals surface area contributed by atoms with Crippen molar-refractivity contribution in [3.8, 4) is 0 Å². The summed E-state index contributed by atoms with van der Waals surface area (Å²) in [5.74, 6) is -2.32. The van der Waals surface area contributed by atoms with Gasteiger partial charge in [-0.25, -0.2) is 4.79 Å². The molecule has 15 nitrogen and oxygen atoms in total. The van der Waals surface area contributed by atoms with Gasteiger partial charge < -0.3 is 43.5 Å². The molecule has 15 heteroatoms. The first-order chi connectivity index (χ1) is 21.6. The van der Waals surface area contributed by atoms with Crippen LogP contribution in [0.1, 0.15) is 51.4 Å². The van der Waals surface area contributed by atoms with Gasteiger partial charge in [-0.05, 0) is 25.8 Å². The maximum absolute atomic E-state index is 12.4. The lowest BCUT2D eigenvalue weighted by Gasteiger charge is -2.22. The smallest absolute Gasteiger partial charge is 0.330 e. The molecule has 0 amide bonds. The summed E-state index contributed by atoms with van der Waals surface area (Å²) in [5, 5.41) is 3.07. The molecule has 0 aliphatic carbocycles. The van der Waals surface area contributed by atoms with Crippen molar-refractivity contribution in [1.82, 2.24) is 15.1 Å². The van der Waals surface area contributed by atoms with E-state index in [4.69, 9.17) is 18.9 Å². The fourth-order valence-corrected chi connectivity index (χ4v) is 3.81. The van der Waals surface area contributed by atoms with Gasteiger partial charge in [0.05, 0.1) is 73.3 Å². The third-order valence-corrected chi connectivity index (χ3v) is 6.39. The second kappa shape index (κ2) is 28.0. The summed E-state index contributed by atoms with van der Waals surface area (Å²) >= 11 is 0. The molecule has 0 bridgehead atoms.